The van der Waals surface area contributed by atoms with Gasteiger partial charge in [0.2, 0.25) is 0 Å². The Hall–Kier alpha value is -1.63. The molecule has 7 heteroatoms. The summed E-state index contributed by atoms with van der Waals surface area (Å²) in [7, 11) is 1.92. The van der Waals surface area contributed by atoms with Crippen LogP contribution < -0.4 is 0 Å². The van der Waals surface area contributed by atoms with Crippen LogP contribution in [0.4, 0.5) is 0 Å². The third kappa shape index (κ3) is 3.34. The highest BCUT2D eigenvalue weighted by molar-refractivity contribution is 7.71. The normalized spacial score (nSPS) is 11.2. The number of ether oxygens (including phenoxy) is 1. The molecule has 0 fully saturated rings. The lowest BCUT2D eigenvalue weighted by atomic mass is 10.2. The summed E-state index contributed by atoms with van der Waals surface area (Å²) in [5.41, 5.74) is 3.05. The lowest BCUT2D eigenvalue weighted by molar-refractivity contribution is -0.143. The van der Waals surface area contributed by atoms with E-state index in [1.54, 1.807) is 0 Å². The van der Waals surface area contributed by atoms with E-state index < -0.39 is 0 Å². The van der Waals surface area contributed by atoms with Gasteiger partial charge in [-0.2, -0.15) is 5.10 Å². The number of aryl methyl sites for hydroxylation is 3. The summed E-state index contributed by atoms with van der Waals surface area (Å²) in [5.74, 6) is -0.160. The number of rotatable bonds is 7. The number of hydrogen-bond acceptors (Lipinski definition) is 4. The first-order valence-electron chi connectivity index (χ1n) is 7.38. The number of esters is 1. The maximum atomic E-state index is 11.4. The van der Waals surface area contributed by atoms with Gasteiger partial charge in [0.05, 0.1) is 12.3 Å². The quantitative estimate of drug-likeness (QED) is 0.631. The van der Waals surface area contributed by atoms with Gasteiger partial charge in [-0.15, -0.1) is 0 Å². The molecule has 0 radical (unpaired) electrons. The van der Waals surface area contributed by atoms with Crippen LogP contribution in [0.2, 0.25) is 0 Å². The number of aromatic amines is 1. The number of aromatic nitrogens is 4. The Kier molecular flexibility index (Phi) is 5.17. The van der Waals surface area contributed by atoms with E-state index in [4.69, 9.17) is 17.0 Å². The van der Waals surface area contributed by atoms with Gasteiger partial charge >= 0.3 is 5.97 Å². The molecule has 0 saturated carbocycles. The van der Waals surface area contributed by atoms with Gasteiger partial charge in [-0.1, -0.05) is 13.3 Å². The minimum absolute atomic E-state index is 0.160. The van der Waals surface area contributed by atoms with E-state index in [1.807, 2.05) is 23.2 Å². The van der Waals surface area contributed by atoms with Gasteiger partial charge in [-0.05, 0) is 32.0 Å². The average molecular weight is 310 g/mol. The summed E-state index contributed by atoms with van der Waals surface area (Å²) >= 11 is 5.39. The van der Waals surface area contributed by atoms with Crippen LogP contribution >= 0.6 is 12.2 Å². The summed E-state index contributed by atoms with van der Waals surface area (Å²) in [4.78, 5) is 14.6. The molecule has 116 valence electrons. The maximum absolute atomic E-state index is 11.4. The number of nitrogens with one attached hydrogen (secondary N) is 1. The van der Waals surface area contributed by atoms with E-state index >= 15 is 0 Å². The van der Waals surface area contributed by atoms with Crippen molar-refractivity contribution >= 4 is 29.4 Å². The Morgan fingerprint density at radius 3 is 2.86 bits per heavy atom. The fraction of sp³-hybridized carbons (Fsp3) is 0.643. The van der Waals surface area contributed by atoms with Crippen molar-refractivity contribution in [3.8, 4) is 0 Å². The molecule has 0 atom stereocenters. The van der Waals surface area contributed by atoms with Gasteiger partial charge in [-0.3, -0.25) is 9.48 Å². The monoisotopic (exact) mass is 310 g/mol. The molecule has 0 amide bonds. The standard InChI is InChI=1S/C14H22N4O2S/c1-4-7-10-12-13(17(3)16-10)18(14(21)15-12)9-6-8-11(19)20-5-2/h4-9H2,1-3H3,(H,15,21). The highest BCUT2D eigenvalue weighted by Gasteiger charge is 2.14. The predicted molar refractivity (Wildman–Crippen MR) is 83.8 cm³/mol. The Balaban J connectivity index is 2.18. The molecule has 1 N–H and O–H groups in total. The number of carbonyl (C=O) groups excluding carboxylic acids is 1. The number of nitrogens with zero attached hydrogens (tertiary/aromatic N) is 3. The molecule has 2 aromatic heterocycles. The van der Waals surface area contributed by atoms with E-state index in [-0.39, 0.29) is 5.97 Å². The van der Waals surface area contributed by atoms with Crippen LogP contribution in [0.1, 0.15) is 38.8 Å². The largest absolute Gasteiger partial charge is 0.466 e. The fourth-order valence-electron chi connectivity index (χ4n) is 2.51. The van der Waals surface area contributed by atoms with Crippen molar-refractivity contribution < 1.29 is 9.53 Å². The molecule has 0 saturated heterocycles. The Bertz CT molecular complexity index is 683. The number of carbonyl (C=O) groups is 1. The third-order valence-electron chi connectivity index (χ3n) is 3.38. The van der Waals surface area contributed by atoms with Crippen molar-refractivity contribution in [2.24, 2.45) is 7.05 Å². The Morgan fingerprint density at radius 1 is 1.43 bits per heavy atom. The third-order valence-corrected chi connectivity index (χ3v) is 3.70. The molecule has 0 aliphatic rings. The molecule has 0 aliphatic carbocycles. The maximum Gasteiger partial charge on any atom is 0.305 e. The highest BCUT2D eigenvalue weighted by Crippen LogP contribution is 2.19. The van der Waals surface area contributed by atoms with Crippen LogP contribution in [-0.2, 0) is 29.5 Å². The number of hydrogen-bond donors (Lipinski definition) is 1. The van der Waals surface area contributed by atoms with Crippen LogP contribution in [-0.4, -0.2) is 31.9 Å². The van der Waals surface area contributed by atoms with Gasteiger partial charge in [0.25, 0.3) is 0 Å². The highest BCUT2D eigenvalue weighted by atomic mass is 32.1. The summed E-state index contributed by atoms with van der Waals surface area (Å²) in [5, 5.41) is 4.54. The van der Waals surface area contributed by atoms with Crippen molar-refractivity contribution in [2.75, 3.05) is 6.61 Å². The molecule has 0 unspecified atom stereocenters. The average Bonchev–Trinajstić information content (AvgIpc) is 2.90. The van der Waals surface area contributed by atoms with Crippen LogP contribution in [0.15, 0.2) is 0 Å². The van der Waals surface area contributed by atoms with Crippen molar-refractivity contribution in [2.45, 2.75) is 46.1 Å². The van der Waals surface area contributed by atoms with Gasteiger partial charge in [0, 0.05) is 20.0 Å². The summed E-state index contributed by atoms with van der Waals surface area (Å²) < 4.78 is 9.49. The first-order valence-corrected chi connectivity index (χ1v) is 7.79. The number of fused-ring (bicyclic) bond motifs is 1. The van der Waals surface area contributed by atoms with Gasteiger partial charge in [0.1, 0.15) is 5.52 Å². The smallest absolute Gasteiger partial charge is 0.305 e. The first-order chi connectivity index (χ1) is 10.1. The second-order valence-electron chi connectivity index (χ2n) is 5.01. The molecule has 0 spiro atoms. The van der Waals surface area contributed by atoms with Crippen molar-refractivity contribution in [1.29, 1.82) is 0 Å². The topological polar surface area (TPSA) is 64.8 Å². The van der Waals surface area contributed by atoms with Gasteiger partial charge < -0.3 is 14.3 Å². The Morgan fingerprint density at radius 2 is 2.19 bits per heavy atom. The van der Waals surface area contributed by atoms with E-state index in [1.165, 1.54) is 0 Å². The molecule has 2 heterocycles. The van der Waals surface area contributed by atoms with E-state index in [0.29, 0.717) is 30.8 Å². The molecule has 0 aromatic carbocycles. The first kappa shape index (κ1) is 15.8. The predicted octanol–water partition coefficient (Wildman–Crippen LogP) is 2.73. The number of imidazole rings is 1. The molecule has 0 bridgehead atoms. The van der Waals surface area contributed by atoms with Crippen molar-refractivity contribution in [1.82, 2.24) is 19.3 Å². The molecular weight excluding hydrogens is 288 g/mol. The van der Waals surface area contributed by atoms with E-state index in [9.17, 15) is 4.79 Å². The zero-order valence-corrected chi connectivity index (χ0v) is 13.6. The SMILES string of the molecule is CCCc1nn(C)c2c1[nH]c(=S)n2CCCC(=O)OCC. The summed E-state index contributed by atoms with van der Waals surface area (Å²) in [6.45, 7) is 5.05. The van der Waals surface area contributed by atoms with Crippen LogP contribution in [0.25, 0.3) is 11.2 Å². The number of H-pyrrole nitrogens is 1. The summed E-state index contributed by atoms with van der Waals surface area (Å²) in [6.07, 6.45) is 3.08. The molecule has 0 aliphatic heterocycles. The molecule has 2 rings (SSSR count). The second-order valence-corrected chi connectivity index (χ2v) is 5.40. The minimum atomic E-state index is -0.160. The van der Waals surface area contributed by atoms with Crippen LogP contribution in [0, 0.1) is 4.77 Å². The zero-order chi connectivity index (χ0) is 15.4. The van der Waals surface area contributed by atoms with E-state index in [2.05, 4.69) is 17.0 Å². The lowest BCUT2D eigenvalue weighted by Crippen LogP contribution is -2.08. The molecule has 2 aromatic rings. The lowest BCUT2D eigenvalue weighted by Gasteiger charge is -2.05. The molecule has 21 heavy (non-hydrogen) atoms. The fourth-order valence-corrected chi connectivity index (χ4v) is 2.79. The Labute approximate surface area is 129 Å². The molecule has 6 nitrogen and oxygen atoms in total. The van der Waals surface area contributed by atoms with E-state index in [0.717, 1.165) is 29.7 Å². The van der Waals surface area contributed by atoms with Crippen LogP contribution in [0.5, 0.6) is 0 Å². The van der Waals surface area contributed by atoms with Crippen LogP contribution in [0.3, 0.4) is 0 Å². The summed E-state index contributed by atoms with van der Waals surface area (Å²) in [6, 6.07) is 0. The zero-order valence-electron chi connectivity index (χ0n) is 12.8. The minimum Gasteiger partial charge on any atom is -0.466 e. The molecular formula is C14H22N4O2S. The van der Waals surface area contributed by atoms with Gasteiger partial charge in [-0.25, -0.2) is 0 Å². The van der Waals surface area contributed by atoms with Gasteiger partial charge in [0.15, 0.2) is 10.4 Å². The van der Waals surface area contributed by atoms with Crippen molar-refractivity contribution in [3.05, 3.63) is 10.5 Å². The van der Waals surface area contributed by atoms with Crippen molar-refractivity contribution in [3.63, 3.8) is 0 Å². The second kappa shape index (κ2) is 6.89.